The van der Waals surface area contributed by atoms with Gasteiger partial charge in [-0.25, -0.2) is 0 Å². The van der Waals surface area contributed by atoms with E-state index in [4.69, 9.17) is 9.94 Å². The summed E-state index contributed by atoms with van der Waals surface area (Å²) in [6, 6.07) is 0.149. The number of nitrogens with zero attached hydrogens (tertiary/aromatic N) is 1. The van der Waals surface area contributed by atoms with Crippen molar-refractivity contribution in [3.8, 4) is 0 Å². The Morgan fingerprint density at radius 1 is 1.56 bits per heavy atom. The summed E-state index contributed by atoms with van der Waals surface area (Å²) in [5.41, 5.74) is 0.825. The Kier molecular flexibility index (Phi) is 5.25. The minimum atomic E-state index is -0.0726. The molecule has 0 radical (unpaired) electrons. The van der Waals surface area contributed by atoms with Crippen molar-refractivity contribution < 1.29 is 14.7 Å². The summed E-state index contributed by atoms with van der Waals surface area (Å²) in [5, 5.41) is 14.6. The maximum atomic E-state index is 11.3. The van der Waals surface area contributed by atoms with Crippen LogP contribution in [-0.4, -0.2) is 35.6 Å². The second-order valence-electron chi connectivity index (χ2n) is 4.40. The van der Waals surface area contributed by atoms with E-state index in [1.165, 1.54) is 0 Å². The van der Waals surface area contributed by atoms with Crippen LogP contribution in [0.5, 0.6) is 0 Å². The molecular formula is C11H20N2O3. The molecule has 0 bridgehead atoms. The molecule has 0 heterocycles. The average Bonchev–Trinajstić information content (AvgIpc) is 2.26. The van der Waals surface area contributed by atoms with E-state index < -0.39 is 0 Å². The van der Waals surface area contributed by atoms with Crippen molar-refractivity contribution >= 4 is 11.6 Å². The van der Waals surface area contributed by atoms with E-state index in [0.29, 0.717) is 0 Å². The molecule has 0 aliphatic heterocycles. The molecule has 5 heteroatoms. The van der Waals surface area contributed by atoms with Gasteiger partial charge < -0.3 is 15.3 Å². The largest absolute Gasteiger partial charge is 0.411 e. The second-order valence-corrected chi connectivity index (χ2v) is 4.40. The fourth-order valence-corrected chi connectivity index (χ4v) is 1.75. The van der Waals surface area contributed by atoms with E-state index in [-0.39, 0.29) is 24.7 Å². The van der Waals surface area contributed by atoms with Crippen LogP contribution in [0.1, 0.15) is 39.5 Å². The molecule has 0 aromatic carbocycles. The zero-order valence-electron chi connectivity index (χ0n) is 9.90. The highest BCUT2D eigenvalue weighted by Crippen LogP contribution is 2.18. The minimum absolute atomic E-state index is 0.0726. The topological polar surface area (TPSA) is 70.9 Å². The van der Waals surface area contributed by atoms with Gasteiger partial charge in [0.15, 0.2) is 0 Å². The first-order valence-electron chi connectivity index (χ1n) is 5.72. The summed E-state index contributed by atoms with van der Waals surface area (Å²) >= 11 is 0. The Labute approximate surface area is 95.9 Å². The third-order valence-electron chi connectivity index (χ3n) is 2.55. The summed E-state index contributed by atoms with van der Waals surface area (Å²) in [6.07, 6.45) is 3.28. The van der Waals surface area contributed by atoms with Crippen molar-refractivity contribution in [3.63, 3.8) is 0 Å². The van der Waals surface area contributed by atoms with Crippen molar-refractivity contribution in [2.45, 2.75) is 51.7 Å². The summed E-state index contributed by atoms with van der Waals surface area (Å²) in [4.78, 5) is 11.3. The summed E-state index contributed by atoms with van der Waals surface area (Å²) in [7, 11) is 0. The van der Waals surface area contributed by atoms with Crippen LogP contribution in [0.15, 0.2) is 5.16 Å². The highest BCUT2D eigenvalue weighted by atomic mass is 16.5. The normalized spacial score (nSPS) is 20.9. The molecule has 16 heavy (non-hydrogen) atoms. The number of nitrogens with one attached hydrogen (secondary N) is 1. The van der Waals surface area contributed by atoms with Gasteiger partial charge in [-0.15, -0.1) is 0 Å². The number of ether oxygens (including phenoxy) is 1. The Morgan fingerprint density at radius 2 is 2.19 bits per heavy atom. The first-order valence-corrected chi connectivity index (χ1v) is 5.72. The van der Waals surface area contributed by atoms with Gasteiger partial charge in [0.05, 0.1) is 11.8 Å². The van der Waals surface area contributed by atoms with Crippen molar-refractivity contribution in [1.29, 1.82) is 0 Å². The molecule has 0 aromatic rings. The lowest BCUT2D eigenvalue weighted by Crippen LogP contribution is -2.35. The molecule has 92 valence electrons. The molecule has 1 rings (SSSR count). The SMILES string of the molecule is CC(C)NC(=O)COC1CCC(=NO)CC1. The zero-order valence-corrected chi connectivity index (χ0v) is 9.90. The Balaban J connectivity index is 2.17. The second kappa shape index (κ2) is 6.48. The molecule has 1 aliphatic rings. The quantitative estimate of drug-likeness (QED) is 0.563. The maximum Gasteiger partial charge on any atom is 0.246 e. The van der Waals surface area contributed by atoms with E-state index in [1.54, 1.807) is 0 Å². The average molecular weight is 228 g/mol. The van der Waals surface area contributed by atoms with Crippen LogP contribution < -0.4 is 5.32 Å². The predicted molar refractivity (Wildman–Crippen MR) is 60.7 cm³/mol. The van der Waals surface area contributed by atoms with E-state index >= 15 is 0 Å². The molecule has 0 atom stereocenters. The van der Waals surface area contributed by atoms with Crippen molar-refractivity contribution in [2.75, 3.05) is 6.61 Å². The summed E-state index contributed by atoms with van der Waals surface area (Å²) in [6.45, 7) is 3.96. The molecule has 5 nitrogen and oxygen atoms in total. The predicted octanol–water partition coefficient (Wildman–Crippen LogP) is 1.30. The standard InChI is InChI=1S/C11H20N2O3/c1-8(2)12-11(14)7-16-10-5-3-9(13-15)4-6-10/h8,10,15H,3-7H2,1-2H3,(H,12,14). The van der Waals surface area contributed by atoms with Gasteiger partial charge in [0.2, 0.25) is 5.91 Å². The minimum Gasteiger partial charge on any atom is -0.411 e. The Morgan fingerprint density at radius 3 is 2.69 bits per heavy atom. The lowest BCUT2D eigenvalue weighted by atomic mass is 9.96. The van der Waals surface area contributed by atoms with Crippen LogP contribution in [0.2, 0.25) is 0 Å². The number of amides is 1. The van der Waals surface area contributed by atoms with E-state index in [2.05, 4.69) is 10.5 Å². The maximum absolute atomic E-state index is 11.3. The van der Waals surface area contributed by atoms with Gasteiger partial charge in [0, 0.05) is 6.04 Å². The Hall–Kier alpha value is -1.10. The number of carbonyl (C=O) groups is 1. The third-order valence-corrected chi connectivity index (χ3v) is 2.55. The molecule has 0 unspecified atom stereocenters. The Bertz CT molecular complexity index is 254. The highest BCUT2D eigenvalue weighted by molar-refractivity contribution is 5.84. The van der Waals surface area contributed by atoms with Crippen LogP contribution in [0.3, 0.4) is 0 Å². The van der Waals surface area contributed by atoms with Crippen LogP contribution in [0.4, 0.5) is 0 Å². The van der Waals surface area contributed by atoms with Crippen molar-refractivity contribution in [3.05, 3.63) is 0 Å². The highest BCUT2D eigenvalue weighted by Gasteiger charge is 2.19. The van der Waals surface area contributed by atoms with Gasteiger partial charge in [-0.3, -0.25) is 4.79 Å². The lowest BCUT2D eigenvalue weighted by molar-refractivity contribution is -0.128. The molecular weight excluding hydrogens is 208 g/mol. The van der Waals surface area contributed by atoms with Crippen LogP contribution >= 0.6 is 0 Å². The molecule has 1 amide bonds. The first kappa shape index (κ1) is 13.0. The lowest BCUT2D eigenvalue weighted by Gasteiger charge is -2.22. The zero-order chi connectivity index (χ0) is 12.0. The van der Waals surface area contributed by atoms with Gasteiger partial charge in [-0.1, -0.05) is 5.16 Å². The van der Waals surface area contributed by atoms with Crippen LogP contribution in [0, 0.1) is 0 Å². The number of hydrogen-bond acceptors (Lipinski definition) is 4. The van der Waals surface area contributed by atoms with Gasteiger partial charge in [-0.2, -0.15) is 0 Å². The van der Waals surface area contributed by atoms with E-state index in [9.17, 15) is 4.79 Å². The molecule has 1 fully saturated rings. The van der Waals surface area contributed by atoms with Gasteiger partial charge >= 0.3 is 0 Å². The number of carbonyl (C=O) groups excluding carboxylic acids is 1. The van der Waals surface area contributed by atoms with Gasteiger partial charge in [0.1, 0.15) is 6.61 Å². The van der Waals surface area contributed by atoms with Crippen LogP contribution in [-0.2, 0) is 9.53 Å². The van der Waals surface area contributed by atoms with Gasteiger partial charge in [-0.05, 0) is 39.5 Å². The summed E-state index contributed by atoms with van der Waals surface area (Å²) < 4.78 is 5.49. The van der Waals surface area contributed by atoms with E-state index in [1.807, 2.05) is 13.8 Å². The molecule has 0 aromatic heterocycles. The molecule has 0 spiro atoms. The smallest absolute Gasteiger partial charge is 0.246 e. The molecule has 1 saturated carbocycles. The molecule has 1 aliphatic carbocycles. The number of rotatable bonds is 4. The number of oxime groups is 1. The molecule has 2 N–H and O–H groups in total. The fraction of sp³-hybridized carbons (Fsp3) is 0.818. The molecule has 0 saturated heterocycles. The summed E-state index contributed by atoms with van der Waals surface area (Å²) in [5.74, 6) is -0.0726. The van der Waals surface area contributed by atoms with Gasteiger partial charge in [0.25, 0.3) is 0 Å². The fourth-order valence-electron chi connectivity index (χ4n) is 1.75. The van der Waals surface area contributed by atoms with E-state index in [0.717, 1.165) is 31.4 Å². The first-order chi connectivity index (χ1) is 7.61. The third kappa shape index (κ3) is 4.61. The van der Waals surface area contributed by atoms with Crippen molar-refractivity contribution in [2.24, 2.45) is 5.16 Å². The number of hydrogen-bond donors (Lipinski definition) is 2. The van der Waals surface area contributed by atoms with Crippen molar-refractivity contribution in [1.82, 2.24) is 5.32 Å². The monoisotopic (exact) mass is 228 g/mol. The van der Waals surface area contributed by atoms with Crippen LogP contribution in [0.25, 0.3) is 0 Å².